The van der Waals surface area contributed by atoms with Crippen molar-refractivity contribution in [1.82, 2.24) is 20.6 Å². The fourth-order valence-electron chi connectivity index (χ4n) is 3.13. The number of hydrogen-bond acceptors (Lipinski definition) is 7. The van der Waals surface area contributed by atoms with Gasteiger partial charge < -0.3 is 20.7 Å². The first-order chi connectivity index (χ1) is 16.0. The quantitative estimate of drug-likeness (QED) is 0.508. The highest BCUT2D eigenvalue weighted by molar-refractivity contribution is 5.93. The second-order valence-corrected chi connectivity index (χ2v) is 7.48. The summed E-state index contributed by atoms with van der Waals surface area (Å²) < 4.78 is 18.6. The largest absolute Gasteiger partial charge is 0.413 e. The van der Waals surface area contributed by atoms with Crippen LogP contribution >= 0.6 is 0 Å². The number of halogens is 1. The lowest BCUT2D eigenvalue weighted by molar-refractivity contribution is -0.124. The van der Waals surface area contributed by atoms with Crippen molar-refractivity contribution in [1.29, 1.82) is 5.26 Å². The van der Waals surface area contributed by atoms with Gasteiger partial charge in [0.15, 0.2) is 5.75 Å². The number of carbonyl (C=O) groups excluding carboxylic acids is 2. The number of aromatic nitrogens is 2. The van der Waals surface area contributed by atoms with Crippen LogP contribution < -0.4 is 20.7 Å². The Morgan fingerprint density at radius 3 is 2.52 bits per heavy atom. The lowest BCUT2D eigenvalue weighted by Gasteiger charge is -2.17. The summed E-state index contributed by atoms with van der Waals surface area (Å²) in [6.07, 6.45) is 4.28. The van der Waals surface area contributed by atoms with Gasteiger partial charge in [0, 0.05) is 12.2 Å². The Balaban J connectivity index is 1.30. The van der Waals surface area contributed by atoms with Crippen molar-refractivity contribution in [3.8, 4) is 11.8 Å². The third-order valence-electron chi connectivity index (χ3n) is 5.06. The second kappa shape index (κ2) is 9.32. The van der Waals surface area contributed by atoms with Crippen LogP contribution in [0.2, 0.25) is 0 Å². The number of rotatable bonds is 7. The number of hydrogen-bond donors (Lipinski definition) is 3. The molecule has 4 rings (SSSR count). The van der Waals surface area contributed by atoms with E-state index in [1.165, 1.54) is 36.9 Å². The molecule has 0 saturated heterocycles. The summed E-state index contributed by atoms with van der Waals surface area (Å²) in [4.78, 5) is 32.2. The Labute approximate surface area is 188 Å². The summed E-state index contributed by atoms with van der Waals surface area (Å²) in [6.45, 7) is 0.257. The summed E-state index contributed by atoms with van der Waals surface area (Å²) in [7, 11) is 0. The molecule has 1 aliphatic rings. The van der Waals surface area contributed by atoms with Crippen molar-refractivity contribution in [2.45, 2.75) is 24.9 Å². The molecule has 33 heavy (non-hydrogen) atoms. The number of nitrogens with zero attached hydrogens (tertiary/aromatic N) is 3. The standard InChI is InChI=1S/C23H19FN6O3/c24-17-4-3-16(10-25)20(9-17)29-18-5-1-15(2-6-18)11-28-21(31)23(7-8-23)30-22(32)33-19-12-26-14-27-13-19/h1-6,9,12-14,29H,7-8,11H2,(H,28,31)(H,30,32). The van der Waals surface area contributed by atoms with Crippen molar-refractivity contribution in [3.05, 3.63) is 78.1 Å². The third-order valence-corrected chi connectivity index (χ3v) is 5.06. The zero-order valence-corrected chi connectivity index (χ0v) is 17.3. The van der Waals surface area contributed by atoms with E-state index in [0.29, 0.717) is 29.8 Å². The molecule has 0 atom stereocenters. The van der Waals surface area contributed by atoms with Crippen LogP contribution in [0.3, 0.4) is 0 Å². The van der Waals surface area contributed by atoms with E-state index in [4.69, 9.17) is 10.00 Å². The molecule has 2 amide bonds. The fraction of sp³-hybridized carbons (Fsp3) is 0.174. The molecule has 9 nitrogen and oxygen atoms in total. The van der Waals surface area contributed by atoms with Crippen molar-refractivity contribution >= 4 is 23.4 Å². The highest BCUT2D eigenvalue weighted by atomic mass is 19.1. The van der Waals surface area contributed by atoms with E-state index in [9.17, 15) is 14.0 Å². The minimum absolute atomic E-state index is 0.181. The Bertz CT molecular complexity index is 1210. The Kier molecular flexibility index (Phi) is 6.13. The van der Waals surface area contributed by atoms with Crippen LogP contribution in [0.1, 0.15) is 24.0 Å². The first kappa shape index (κ1) is 21.7. The maximum Gasteiger partial charge on any atom is 0.413 e. The van der Waals surface area contributed by atoms with Crippen molar-refractivity contribution in [3.63, 3.8) is 0 Å². The van der Waals surface area contributed by atoms with E-state index in [1.807, 2.05) is 6.07 Å². The number of ether oxygens (including phenoxy) is 1. The van der Waals surface area contributed by atoms with Crippen molar-refractivity contribution in [2.75, 3.05) is 5.32 Å². The molecule has 1 aliphatic carbocycles. The molecule has 0 aliphatic heterocycles. The molecule has 1 heterocycles. The summed E-state index contributed by atoms with van der Waals surface area (Å²) in [5.41, 5.74) is 1.20. The van der Waals surface area contributed by atoms with Gasteiger partial charge in [-0.1, -0.05) is 12.1 Å². The smallest absolute Gasteiger partial charge is 0.407 e. The van der Waals surface area contributed by atoms with E-state index in [2.05, 4.69) is 25.9 Å². The van der Waals surface area contributed by atoms with Gasteiger partial charge in [-0.05, 0) is 48.7 Å². The van der Waals surface area contributed by atoms with Gasteiger partial charge in [0.25, 0.3) is 0 Å². The minimum Gasteiger partial charge on any atom is -0.407 e. The summed E-state index contributed by atoms with van der Waals surface area (Å²) in [5.74, 6) is -0.566. The van der Waals surface area contributed by atoms with E-state index in [0.717, 1.165) is 5.56 Å². The molecule has 3 aromatic rings. The molecule has 166 valence electrons. The van der Waals surface area contributed by atoms with Crippen molar-refractivity contribution < 1.29 is 18.7 Å². The Morgan fingerprint density at radius 1 is 1.12 bits per heavy atom. The third kappa shape index (κ3) is 5.40. The van der Waals surface area contributed by atoms with Crippen LogP contribution in [0, 0.1) is 17.1 Å². The minimum atomic E-state index is -0.987. The lowest BCUT2D eigenvalue weighted by Crippen LogP contribution is -2.49. The molecule has 0 bridgehead atoms. The average molecular weight is 446 g/mol. The van der Waals surface area contributed by atoms with Crippen molar-refractivity contribution in [2.24, 2.45) is 0 Å². The molecule has 2 aromatic carbocycles. The summed E-state index contributed by atoms with van der Waals surface area (Å²) in [5, 5.41) is 17.6. The van der Waals surface area contributed by atoms with E-state index < -0.39 is 17.4 Å². The normalized spacial score (nSPS) is 13.3. The number of carbonyl (C=O) groups is 2. The number of amides is 2. The average Bonchev–Trinajstić information content (AvgIpc) is 3.59. The molecule has 0 radical (unpaired) electrons. The number of benzene rings is 2. The number of nitriles is 1. The summed E-state index contributed by atoms with van der Waals surface area (Å²) >= 11 is 0. The molecular weight excluding hydrogens is 427 g/mol. The van der Waals surface area contributed by atoms with Gasteiger partial charge in [0.05, 0.1) is 23.6 Å². The number of anilines is 2. The van der Waals surface area contributed by atoms with Crippen LogP contribution in [-0.2, 0) is 11.3 Å². The molecule has 1 aromatic heterocycles. The zero-order valence-electron chi connectivity index (χ0n) is 17.3. The molecule has 0 spiro atoms. The maximum absolute atomic E-state index is 13.5. The van der Waals surface area contributed by atoms with Crippen LogP contribution in [0.25, 0.3) is 0 Å². The lowest BCUT2D eigenvalue weighted by atomic mass is 10.1. The predicted octanol–water partition coefficient (Wildman–Crippen LogP) is 3.17. The Morgan fingerprint density at radius 2 is 1.85 bits per heavy atom. The second-order valence-electron chi connectivity index (χ2n) is 7.48. The molecule has 0 unspecified atom stereocenters. The highest BCUT2D eigenvalue weighted by Crippen LogP contribution is 2.35. The van der Waals surface area contributed by atoms with Gasteiger partial charge in [0.2, 0.25) is 5.91 Å². The zero-order chi connectivity index (χ0) is 23.3. The topological polar surface area (TPSA) is 129 Å². The Hall–Kier alpha value is -4.52. The van der Waals surface area contributed by atoms with E-state index >= 15 is 0 Å². The maximum atomic E-state index is 13.5. The highest BCUT2D eigenvalue weighted by Gasteiger charge is 2.51. The molecular formula is C23H19FN6O3. The van der Waals surface area contributed by atoms with Gasteiger partial charge in [-0.2, -0.15) is 5.26 Å². The van der Waals surface area contributed by atoms with Gasteiger partial charge >= 0.3 is 6.09 Å². The molecule has 10 heteroatoms. The monoisotopic (exact) mass is 446 g/mol. The van der Waals surface area contributed by atoms with Crippen LogP contribution in [-0.4, -0.2) is 27.5 Å². The molecule has 3 N–H and O–H groups in total. The van der Waals surface area contributed by atoms with Gasteiger partial charge in [-0.25, -0.2) is 19.2 Å². The fourth-order valence-corrected chi connectivity index (χ4v) is 3.13. The van der Waals surface area contributed by atoms with E-state index in [-0.39, 0.29) is 18.2 Å². The van der Waals surface area contributed by atoms with E-state index in [1.54, 1.807) is 24.3 Å². The van der Waals surface area contributed by atoms with Gasteiger partial charge in [-0.15, -0.1) is 0 Å². The van der Waals surface area contributed by atoms with Gasteiger partial charge in [-0.3, -0.25) is 4.79 Å². The van der Waals surface area contributed by atoms with Crippen LogP contribution in [0.4, 0.5) is 20.6 Å². The summed E-state index contributed by atoms with van der Waals surface area (Å²) in [6, 6.07) is 13.0. The van der Waals surface area contributed by atoms with Crippen LogP contribution in [0.15, 0.2) is 61.2 Å². The number of nitrogens with one attached hydrogen (secondary N) is 3. The SMILES string of the molecule is N#Cc1ccc(F)cc1Nc1ccc(CNC(=O)C2(NC(=O)Oc3cncnc3)CC2)cc1. The van der Waals surface area contributed by atoms with Crippen LogP contribution in [0.5, 0.6) is 5.75 Å². The predicted molar refractivity (Wildman–Crippen MR) is 116 cm³/mol. The molecule has 1 fully saturated rings. The van der Waals surface area contributed by atoms with Gasteiger partial charge in [0.1, 0.15) is 23.8 Å². The molecule has 1 saturated carbocycles. The first-order valence-corrected chi connectivity index (χ1v) is 10.1. The first-order valence-electron chi connectivity index (χ1n) is 10.1.